The normalized spacial score (nSPS) is 12.4. The van der Waals surface area contributed by atoms with Gasteiger partial charge in [0, 0.05) is 26.5 Å². The van der Waals surface area contributed by atoms with Crippen molar-refractivity contribution in [2.45, 2.75) is 72.1 Å². The van der Waals surface area contributed by atoms with Crippen LogP contribution in [0.5, 0.6) is 5.75 Å². The van der Waals surface area contributed by atoms with E-state index in [0.29, 0.717) is 17.4 Å². The third-order valence-corrected chi connectivity index (χ3v) is 4.78. The quantitative estimate of drug-likeness (QED) is 0.407. The molecule has 0 unspecified atom stereocenters. The van der Waals surface area contributed by atoms with E-state index in [1.54, 1.807) is 37.4 Å². The summed E-state index contributed by atoms with van der Waals surface area (Å²) in [7, 11) is 3.15. The molecule has 0 aliphatic heterocycles. The molecule has 1 heterocycles. The second-order valence-corrected chi connectivity index (χ2v) is 7.40. The van der Waals surface area contributed by atoms with Gasteiger partial charge in [0.05, 0.1) is 18.2 Å². The molecule has 166 valence electrons. The van der Waals surface area contributed by atoms with Crippen LogP contribution in [0.2, 0.25) is 0 Å². The number of nitrogens with zero attached hydrogens (tertiary/aromatic N) is 2. The summed E-state index contributed by atoms with van der Waals surface area (Å²) in [6.07, 6.45) is 5.39. The zero-order valence-electron chi connectivity index (χ0n) is 18.8. The summed E-state index contributed by atoms with van der Waals surface area (Å²) in [6, 6.07) is 3.60. The van der Waals surface area contributed by atoms with Crippen LogP contribution in [0.3, 0.4) is 0 Å². The summed E-state index contributed by atoms with van der Waals surface area (Å²) in [5.41, 5.74) is 0.653. The highest BCUT2D eigenvalue weighted by Gasteiger charge is 2.25. The van der Waals surface area contributed by atoms with Crippen molar-refractivity contribution in [3.63, 3.8) is 0 Å². The van der Waals surface area contributed by atoms with Gasteiger partial charge in [0.2, 0.25) is 5.91 Å². The van der Waals surface area contributed by atoms with Gasteiger partial charge in [0.1, 0.15) is 25.5 Å². The monoisotopic (exact) mass is 410 g/mol. The van der Waals surface area contributed by atoms with Crippen molar-refractivity contribution >= 4 is 5.91 Å². The predicted octanol–water partition coefficient (Wildman–Crippen LogP) is 4.01. The highest BCUT2D eigenvalue weighted by atomic mass is 16.7. The van der Waals surface area contributed by atoms with E-state index in [0.717, 1.165) is 25.7 Å². The molecule has 0 saturated heterocycles. The molecule has 0 aromatic carbocycles. The number of carbonyl (C=O) groups is 1. The lowest BCUT2D eigenvalue weighted by molar-refractivity contribution is -0.174. The topological polar surface area (TPSA) is 70.1 Å². The van der Waals surface area contributed by atoms with Gasteiger partial charge in [-0.3, -0.25) is 14.7 Å². The highest BCUT2D eigenvalue weighted by Crippen LogP contribution is 2.20. The Morgan fingerprint density at radius 2 is 1.86 bits per heavy atom. The van der Waals surface area contributed by atoms with Gasteiger partial charge in [0.15, 0.2) is 0 Å². The van der Waals surface area contributed by atoms with Crippen LogP contribution in [0.25, 0.3) is 0 Å². The van der Waals surface area contributed by atoms with E-state index in [4.69, 9.17) is 18.9 Å². The van der Waals surface area contributed by atoms with Gasteiger partial charge in [-0.1, -0.05) is 26.7 Å². The molecule has 0 aliphatic rings. The first kappa shape index (κ1) is 25.3. The molecule has 1 amide bonds. The fourth-order valence-electron chi connectivity index (χ4n) is 3.16. The van der Waals surface area contributed by atoms with E-state index in [1.807, 2.05) is 13.8 Å². The van der Waals surface area contributed by atoms with Crippen molar-refractivity contribution in [1.82, 2.24) is 9.88 Å². The van der Waals surface area contributed by atoms with Crippen molar-refractivity contribution in [1.29, 1.82) is 0 Å². The number of methoxy groups -OCH3 is 2. The molecule has 1 aromatic heterocycles. The second kappa shape index (κ2) is 14.3. The molecule has 0 spiro atoms. The number of amides is 1. The largest absolute Gasteiger partial charge is 0.491 e. The Bertz CT molecular complexity index is 578. The Hall–Kier alpha value is -1.70. The Balaban J connectivity index is 2.89. The molecule has 0 radical (unpaired) electrons. The molecule has 0 saturated carbocycles. The summed E-state index contributed by atoms with van der Waals surface area (Å²) >= 11 is 0. The van der Waals surface area contributed by atoms with Gasteiger partial charge in [-0.25, -0.2) is 0 Å². The van der Waals surface area contributed by atoms with Crippen LogP contribution in [0.15, 0.2) is 18.3 Å². The van der Waals surface area contributed by atoms with Crippen molar-refractivity contribution in [3.8, 4) is 5.75 Å². The molecular weight excluding hydrogens is 372 g/mol. The lowest BCUT2D eigenvalue weighted by Crippen LogP contribution is -2.44. The first-order valence-corrected chi connectivity index (χ1v) is 10.5. The van der Waals surface area contributed by atoms with E-state index in [2.05, 4.69) is 18.8 Å². The van der Waals surface area contributed by atoms with Gasteiger partial charge in [0.25, 0.3) is 0 Å². The number of pyridine rings is 1. The number of hydrogen-bond acceptors (Lipinski definition) is 6. The standard InChI is InChI=1S/C22H38N2O5/c1-7-18(8-2)9-10-22(28-16-27-6)24(15-26-5)21(25)14-19-13-20(11-12-23-19)29-17(3)4/h11-13,17-18,22H,7-10,14-16H2,1-6H3/t22-/m1/s1. The number of aromatic nitrogens is 1. The first-order chi connectivity index (χ1) is 13.9. The second-order valence-electron chi connectivity index (χ2n) is 7.40. The highest BCUT2D eigenvalue weighted by molar-refractivity contribution is 5.78. The molecule has 7 heteroatoms. The van der Waals surface area contributed by atoms with Crippen molar-refractivity contribution < 1.29 is 23.7 Å². The van der Waals surface area contributed by atoms with Crippen LogP contribution < -0.4 is 4.74 Å². The average molecular weight is 411 g/mol. The maximum absolute atomic E-state index is 13.1. The van der Waals surface area contributed by atoms with Crippen molar-refractivity contribution in [2.75, 3.05) is 27.7 Å². The van der Waals surface area contributed by atoms with E-state index < -0.39 is 6.23 Å². The van der Waals surface area contributed by atoms with E-state index in [9.17, 15) is 4.79 Å². The molecule has 0 fully saturated rings. The Kier molecular flexibility index (Phi) is 12.5. The molecule has 1 atom stereocenters. The van der Waals surface area contributed by atoms with Crippen LogP contribution in [-0.2, 0) is 25.4 Å². The van der Waals surface area contributed by atoms with E-state index >= 15 is 0 Å². The fraction of sp³-hybridized carbons (Fsp3) is 0.727. The maximum Gasteiger partial charge on any atom is 0.232 e. The molecule has 0 aliphatic carbocycles. The fourth-order valence-corrected chi connectivity index (χ4v) is 3.16. The summed E-state index contributed by atoms with van der Waals surface area (Å²) in [5.74, 6) is 1.21. The van der Waals surface area contributed by atoms with Crippen LogP contribution in [0.4, 0.5) is 0 Å². The van der Waals surface area contributed by atoms with Gasteiger partial charge < -0.3 is 18.9 Å². The van der Waals surface area contributed by atoms with Crippen molar-refractivity contribution in [2.24, 2.45) is 5.92 Å². The molecule has 29 heavy (non-hydrogen) atoms. The SMILES string of the molecule is CCC(CC)CC[C@@H](OCOC)N(COC)C(=O)Cc1cc(OC(C)C)ccn1. The Labute approximate surface area is 175 Å². The molecule has 0 N–H and O–H groups in total. The third kappa shape index (κ3) is 9.56. The van der Waals surface area contributed by atoms with Crippen molar-refractivity contribution in [3.05, 3.63) is 24.0 Å². The average Bonchev–Trinajstić information content (AvgIpc) is 2.69. The third-order valence-electron chi connectivity index (χ3n) is 4.78. The molecule has 7 nitrogen and oxygen atoms in total. The Morgan fingerprint density at radius 3 is 2.45 bits per heavy atom. The zero-order chi connectivity index (χ0) is 21.6. The smallest absolute Gasteiger partial charge is 0.232 e. The van der Waals surface area contributed by atoms with Crippen LogP contribution in [-0.4, -0.2) is 55.9 Å². The number of carbonyl (C=O) groups excluding carboxylic acids is 1. The van der Waals surface area contributed by atoms with Gasteiger partial charge >= 0.3 is 0 Å². The minimum atomic E-state index is -0.405. The van der Waals surface area contributed by atoms with Crippen LogP contribution in [0.1, 0.15) is 59.1 Å². The van der Waals surface area contributed by atoms with Crippen LogP contribution >= 0.6 is 0 Å². The minimum Gasteiger partial charge on any atom is -0.491 e. The maximum atomic E-state index is 13.1. The number of rotatable bonds is 15. The lowest BCUT2D eigenvalue weighted by Gasteiger charge is -2.31. The molecule has 1 aromatic rings. The summed E-state index contributed by atoms with van der Waals surface area (Å²) < 4.78 is 21.9. The lowest BCUT2D eigenvalue weighted by atomic mass is 9.97. The molecule has 1 rings (SSSR count). The number of hydrogen-bond donors (Lipinski definition) is 0. The molecular formula is C22H38N2O5. The summed E-state index contributed by atoms with van der Waals surface area (Å²) in [5, 5.41) is 0. The minimum absolute atomic E-state index is 0.0582. The van der Waals surface area contributed by atoms with Gasteiger partial charge in [-0.15, -0.1) is 0 Å². The van der Waals surface area contributed by atoms with E-state index in [-0.39, 0.29) is 32.0 Å². The first-order valence-electron chi connectivity index (χ1n) is 10.5. The van der Waals surface area contributed by atoms with Gasteiger partial charge in [-0.05, 0) is 38.7 Å². The zero-order valence-corrected chi connectivity index (χ0v) is 18.8. The Morgan fingerprint density at radius 1 is 1.14 bits per heavy atom. The van der Waals surface area contributed by atoms with Crippen LogP contribution in [0, 0.1) is 5.92 Å². The summed E-state index contributed by atoms with van der Waals surface area (Å²) in [4.78, 5) is 19.0. The number of ether oxygens (including phenoxy) is 4. The van der Waals surface area contributed by atoms with E-state index in [1.165, 1.54) is 0 Å². The summed E-state index contributed by atoms with van der Waals surface area (Å²) in [6.45, 7) is 8.58. The molecule has 0 bridgehead atoms. The predicted molar refractivity (Wildman–Crippen MR) is 112 cm³/mol. The van der Waals surface area contributed by atoms with Gasteiger partial charge in [-0.2, -0.15) is 0 Å².